The standard InChI is InChI=1S/C15H32N4O2S/c1-12(14-8-6-5-7-9-14)13(2)19-15(16-3)17-10-11-18-22(4,20)21/h12-14,18H,5-11H2,1-4H3,(H2,16,17,19). The summed E-state index contributed by atoms with van der Waals surface area (Å²) in [7, 11) is -1.40. The molecule has 2 unspecified atom stereocenters. The molecular formula is C15H32N4O2S. The van der Waals surface area contributed by atoms with Crippen LogP contribution in [0.4, 0.5) is 0 Å². The minimum absolute atomic E-state index is 0.345. The normalized spacial score (nSPS) is 20.5. The summed E-state index contributed by atoms with van der Waals surface area (Å²) in [6.07, 6.45) is 7.91. The predicted molar refractivity (Wildman–Crippen MR) is 92.5 cm³/mol. The lowest BCUT2D eigenvalue weighted by atomic mass is 9.78. The molecule has 1 aliphatic rings. The van der Waals surface area contributed by atoms with E-state index in [1.807, 2.05) is 0 Å². The van der Waals surface area contributed by atoms with E-state index in [2.05, 4.69) is 34.2 Å². The number of nitrogens with zero attached hydrogens (tertiary/aromatic N) is 1. The van der Waals surface area contributed by atoms with Crippen molar-refractivity contribution in [2.45, 2.75) is 52.0 Å². The number of hydrogen-bond donors (Lipinski definition) is 3. The topological polar surface area (TPSA) is 82.6 Å². The number of rotatable bonds is 7. The van der Waals surface area contributed by atoms with E-state index < -0.39 is 10.0 Å². The molecule has 7 heteroatoms. The van der Waals surface area contributed by atoms with Crippen molar-refractivity contribution in [3.8, 4) is 0 Å². The van der Waals surface area contributed by atoms with Crippen LogP contribution < -0.4 is 15.4 Å². The van der Waals surface area contributed by atoms with Gasteiger partial charge in [-0.05, 0) is 18.8 Å². The van der Waals surface area contributed by atoms with E-state index in [1.165, 1.54) is 32.1 Å². The van der Waals surface area contributed by atoms with Crippen molar-refractivity contribution in [3.63, 3.8) is 0 Å². The second-order valence-corrected chi connectivity index (χ2v) is 8.19. The molecule has 0 amide bonds. The number of nitrogens with one attached hydrogen (secondary N) is 3. The average molecular weight is 333 g/mol. The number of sulfonamides is 1. The molecule has 0 radical (unpaired) electrons. The first-order valence-electron chi connectivity index (χ1n) is 8.25. The summed E-state index contributed by atoms with van der Waals surface area (Å²) in [5, 5.41) is 6.57. The summed E-state index contributed by atoms with van der Waals surface area (Å²) in [6.45, 7) is 5.37. The van der Waals surface area contributed by atoms with Crippen LogP contribution in [0.5, 0.6) is 0 Å². The maximum atomic E-state index is 11.0. The molecule has 1 fully saturated rings. The van der Waals surface area contributed by atoms with Crippen LogP contribution >= 0.6 is 0 Å². The maximum Gasteiger partial charge on any atom is 0.208 e. The van der Waals surface area contributed by atoms with Crippen molar-refractivity contribution in [2.24, 2.45) is 16.8 Å². The molecule has 2 atom stereocenters. The molecule has 6 nitrogen and oxygen atoms in total. The number of guanidine groups is 1. The van der Waals surface area contributed by atoms with E-state index >= 15 is 0 Å². The molecule has 0 aliphatic heterocycles. The molecule has 0 aromatic heterocycles. The van der Waals surface area contributed by atoms with Gasteiger partial charge < -0.3 is 10.6 Å². The third-order valence-electron chi connectivity index (χ3n) is 4.55. The highest BCUT2D eigenvalue weighted by Gasteiger charge is 2.24. The van der Waals surface area contributed by atoms with Gasteiger partial charge in [-0.25, -0.2) is 13.1 Å². The van der Waals surface area contributed by atoms with Gasteiger partial charge in [-0.2, -0.15) is 0 Å². The number of hydrogen-bond acceptors (Lipinski definition) is 3. The van der Waals surface area contributed by atoms with Crippen molar-refractivity contribution >= 4 is 16.0 Å². The van der Waals surface area contributed by atoms with Gasteiger partial charge in [0.25, 0.3) is 0 Å². The van der Waals surface area contributed by atoms with Crippen LogP contribution in [0.3, 0.4) is 0 Å². The van der Waals surface area contributed by atoms with Crippen LogP contribution in [0.15, 0.2) is 4.99 Å². The fraction of sp³-hybridized carbons (Fsp3) is 0.933. The molecule has 22 heavy (non-hydrogen) atoms. The zero-order chi connectivity index (χ0) is 16.6. The second-order valence-electron chi connectivity index (χ2n) is 6.36. The van der Waals surface area contributed by atoms with Crippen LogP contribution in [-0.2, 0) is 10.0 Å². The van der Waals surface area contributed by atoms with Crippen LogP contribution in [0.25, 0.3) is 0 Å². The van der Waals surface area contributed by atoms with Crippen molar-refractivity contribution in [1.82, 2.24) is 15.4 Å². The van der Waals surface area contributed by atoms with Gasteiger partial charge in [0.05, 0.1) is 6.26 Å². The van der Waals surface area contributed by atoms with Gasteiger partial charge in [-0.1, -0.05) is 39.0 Å². The molecule has 0 spiro atoms. The zero-order valence-electron chi connectivity index (χ0n) is 14.4. The highest BCUT2D eigenvalue weighted by Crippen LogP contribution is 2.31. The lowest BCUT2D eigenvalue weighted by Crippen LogP contribution is -2.47. The first kappa shape index (κ1) is 19.2. The molecule has 0 aromatic carbocycles. The molecule has 0 bridgehead atoms. The van der Waals surface area contributed by atoms with E-state index in [9.17, 15) is 8.42 Å². The minimum atomic E-state index is -3.13. The highest BCUT2D eigenvalue weighted by atomic mass is 32.2. The Morgan fingerprint density at radius 1 is 1.18 bits per heavy atom. The Hall–Kier alpha value is -0.820. The minimum Gasteiger partial charge on any atom is -0.355 e. The molecule has 1 aliphatic carbocycles. The predicted octanol–water partition coefficient (Wildman–Crippen LogP) is 1.31. The molecule has 1 saturated carbocycles. The fourth-order valence-corrected chi connectivity index (χ4v) is 3.50. The Labute approximate surface area is 135 Å². The molecule has 1 rings (SSSR count). The largest absolute Gasteiger partial charge is 0.355 e. The Morgan fingerprint density at radius 3 is 2.36 bits per heavy atom. The van der Waals surface area contributed by atoms with E-state index in [0.29, 0.717) is 25.0 Å². The van der Waals surface area contributed by atoms with Crippen molar-refractivity contribution < 1.29 is 8.42 Å². The van der Waals surface area contributed by atoms with Crippen LogP contribution in [0, 0.1) is 11.8 Å². The first-order valence-corrected chi connectivity index (χ1v) is 10.1. The van der Waals surface area contributed by atoms with E-state index in [0.717, 1.165) is 18.1 Å². The Bertz CT molecular complexity index is 444. The van der Waals surface area contributed by atoms with Crippen molar-refractivity contribution in [2.75, 3.05) is 26.4 Å². The molecule has 0 heterocycles. The van der Waals surface area contributed by atoms with Gasteiger partial charge in [0.2, 0.25) is 10.0 Å². The molecule has 3 N–H and O–H groups in total. The lowest BCUT2D eigenvalue weighted by Gasteiger charge is -2.32. The number of aliphatic imine (C=N–C) groups is 1. The Morgan fingerprint density at radius 2 is 1.82 bits per heavy atom. The van der Waals surface area contributed by atoms with Crippen LogP contribution in [0.1, 0.15) is 46.0 Å². The molecule has 0 saturated heterocycles. The summed E-state index contributed by atoms with van der Waals surface area (Å²) in [6, 6.07) is 0.345. The molecule has 130 valence electrons. The first-order chi connectivity index (χ1) is 10.3. The van der Waals surface area contributed by atoms with E-state index in [4.69, 9.17) is 0 Å². The van der Waals surface area contributed by atoms with Gasteiger partial charge >= 0.3 is 0 Å². The summed E-state index contributed by atoms with van der Waals surface area (Å²) < 4.78 is 24.5. The zero-order valence-corrected chi connectivity index (χ0v) is 15.2. The Balaban J connectivity index is 2.34. The monoisotopic (exact) mass is 332 g/mol. The summed E-state index contributed by atoms with van der Waals surface area (Å²) in [4.78, 5) is 4.21. The fourth-order valence-electron chi connectivity index (χ4n) is 3.03. The maximum absolute atomic E-state index is 11.0. The lowest BCUT2D eigenvalue weighted by molar-refractivity contribution is 0.229. The van der Waals surface area contributed by atoms with Crippen LogP contribution in [0.2, 0.25) is 0 Å². The van der Waals surface area contributed by atoms with Gasteiger partial charge in [-0.15, -0.1) is 0 Å². The highest BCUT2D eigenvalue weighted by molar-refractivity contribution is 7.88. The third-order valence-corrected chi connectivity index (χ3v) is 5.28. The van der Waals surface area contributed by atoms with E-state index in [1.54, 1.807) is 7.05 Å². The summed E-state index contributed by atoms with van der Waals surface area (Å²) in [5.74, 6) is 2.12. The van der Waals surface area contributed by atoms with Crippen molar-refractivity contribution in [3.05, 3.63) is 0 Å². The summed E-state index contributed by atoms with van der Waals surface area (Å²) >= 11 is 0. The van der Waals surface area contributed by atoms with E-state index in [-0.39, 0.29) is 0 Å². The van der Waals surface area contributed by atoms with Gasteiger partial charge in [-0.3, -0.25) is 4.99 Å². The summed E-state index contributed by atoms with van der Waals surface area (Å²) in [5.41, 5.74) is 0. The van der Waals surface area contributed by atoms with Gasteiger partial charge in [0.15, 0.2) is 5.96 Å². The molecular weight excluding hydrogens is 300 g/mol. The molecule has 0 aromatic rings. The Kier molecular flexibility index (Phi) is 8.17. The van der Waals surface area contributed by atoms with Crippen LogP contribution in [-0.4, -0.2) is 46.8 Å². The second kappa shape index (κ2) is 9.35. The average Bonchev–Trinajstić information content (AvgIpc) is 2.49. The third kappa shape index (κ3) is 7.45. The van der Waals surface area contributed by atoms with Crippen molar-refractivity contribution in [1.29, 1.82) is 0 Å². The quantitative estimate of drug-likeness (QED) is 0.373. The van der Waals surface area contributed by atoms with Gasteiger partial charge in [0, 0.05) is 26.2 Å². The SMILES string of the molecule is CN=C(NCCNS(C)(=O)=O)NC(C)C(C)C1CCCCC1. The smallest absolute Gasteiger partial charge is 0.208 e. The van der Waals surface area contributed by atoms with Gasteiger partial charge in [0.1, 0.15) is 0 Å².